The first-order valence-corrected chi connectivity index (χ1v) is 24.2. The Balaban J connectivity index is 1.26. The maximum Gasteiger partial charge on any atom is 0.145 e. The summed E-state index contributed by atoms with van der Waals surface area (Å²) >= 11 is 0. The van der Waals surface area contributed by atoms with Gasteiger partial charge in [-0.1, -0.05) is 139 Å². The first-order valence-electron chi connectivity index (χ1n) is 24.2. The molecule has 0 amide bonds. The maximum absolute atomic E-state index is 16.3. The molecule has 6 heteroatoms. The van der Waals surface area contributed by atoms with Gasteiger partial charge in [0, 0.05) is 40.4 Å². The van der Waals surface area contributed by atoms with E-state index in [1.165, 1.54) is 11.1 Å². The maximum atomic E-state index is 16.3. The molecule has 1 unspecified atom stereocenters. The Morgan fingerprint density at radius 1 is 0.671 bits per heavy atom. The fourth-order valence-electron chi connectivity index (χ4n) is 10.8. The molecular weight excluding hydrogens is 860 g/mol. The number of furan rings is 1. The number of anilines is 5. The summed E-state index contributed by atoms with van der Waals surface area (Å²) in [6.45, 7) is 24.1. The molecule has 2 heterocycles. The van der Waals surface area contributed by atoms with E-state index in [0.717, 1.165) is 106 Å². The summed E-state index contributed by atoms with van der Waals surface area (Å²) in [6, 6.07) is 52.9. The lowest BCUT2D eigenvalue weighted by Crippen LogP contribution is -2.27. The normalized spacial score (nSPS) is 15.1. The Morgan fingerprint density at radius 2 is 1.30 bits per heavy atom. The van der Waals surface area contributed by atoms with Crippen LogP contribution >= 0.6 is 0 Å². The number of aromatic nitrogens is 1. The van der Waals surface area contributed by atoms with Crippen molar-refractivity contribution in [2.45, 2.75) is 78.6 Å². The number of benzene rings is 7. The minimum Gasteiger partial charge on any atom is -0.455 e. The van der Waals surface area contributed by atoms with Gasteiger partial charge in [0.05, 0.1) is 16.5 Å². The molecule has 2 aliphatic rings. The van der Waals surface area contributed by atoms with Crippen LogP contribution in [0.4, 0.5) is 33.0 Å². The van der Waals surface area contributed by atoms with Crippen molar-refractivity contribution in [2.24, 2.45) is 4.99 Å². The highest BCUT2D eigenvalue weighted by Gasteiger charge is 2.53. The van der Waals surface area contributed by atoms with Crippen molar-refractivity contribution in [1.82, 2.24) is 4.98 Å². The van der Waals surface area contributed by atoms with Crippen LogP contribution in [0.2, 0.25) is 0 Å². The topological polar surface area (TPSA) is 44.9 Å². The van der Waals surface area contributed by atoms with Crippen molar-refractivity contribution < 1.29 is 8.81 Å². The van der Waals surface area contributed by atoms with Crippen molar-refractivity contribution in [1.29, 1.82) is 0 Å². The quantitative estimate of drug-likeness (QED) is 0.143. The lowest BCUT2D eigenvalue weighted by molar-refractivity contribution is 0.590. The lowest BCUT2D eigenvalue weighted by atomic mass is 9.70. The van der Waals surface area contributed by atoms with E-state index in [2.05, 4.69) is 186 Å². The summed E-state index contributed by atoms with van der Waals surface area (Å²) in [4.78, 5) is 14.5. The van der Waals surface area contributed by atoms with Crippen molar-refractivity contribution in [2.75, 3.05) is 9.80 Å². The molecule has 1 spiro atoms. The molecule has 2 aliphatic carbocycles. The highest BCUT2D eigenvalue weighted by Crippen LogP contribution is 2.66. The molecular formula is C64H57FN4O. The van der Waals surface area contributed by atoms with Gasteiger partial charge in [-0.2, -0.15) is 0 Å². The molecule has 2 aromatic heterocycles. The second-order valence-corrected chi connectivity index (χ2v) is 21.0. The Labute approximate surface area is 411 Å². The molecule has 9 aromatic rings. The van der Waals surface area contributed by atoms with E-state index < -0.39 is 5.41 Å². The molecule has 11 rings (SSSR count). The summed E-state index contributed by atoms with van der Waals surface area (Å²) in [5, 5.41) is 1.96. The molecule has 346 valence electrons. The minimum absolute atomic E-state index is 0.0341. The van der Waals surface area contributed by atoms with Crippen LogP contribution in [0.1, 0.15) is 94.3 Å². The third kappa shape index (κ3) is 7.02. The number of aryl methyl sites for hydroxylation is 1. The van der Waals surface area contributed by atoms with E-state index in [1.54, 1.807) is 12.1 Å². The SMILES string of the molecule is C=C(N=C/C(C)=C\C)N(c1ccc(C(C)(C)C)cc1)c1ccc2c(c1)C1(c3ccccc3-c3ccc(F)cc31)c1cc(N(c3ccc(C(C)(C)C)cc3)c3ccc(C)cn3)c3c(oc4ccccc43)c1-2. The van der Waals surface area contributed by atoms with Crippen molar-refractivity contribution in [3.8, 4) is 22.3 Å². The molecule has 0 saturated heterocycles. The molecule has 0 fully saturated rings. The Morgan fingerprint density at radius 3 is 1.99 bits per heavy atom. The van der Waals surface area contributed by atoms with Gasteiger partial charge in [-0.05, 0) is 160 Å². The Bertz CT molecular complexity index is 3620. The van der Waals surface area contributed by atoms with Crippen LogP contribution in [0.5, 0.6) is 0 Å². The molecule has 70 heavy (non-hydrogen) atoms. The van der Waals surface area contributed by atoms with Crippen LogP contribution in [0, 0.1) is 12.7 Å². The monoisotopic (exact) mass is 916 g/mol. The van der Waals surface area contributed by atoms with Gasteiger partial charge in [0.1, 0.15) is 28.6 Å². The predicted molar refractivity (Wildman–Crippen MR) is 290 cm³/mol. The number of para-hydroxylation sites is 1. The van der Waals surface area contributed by atoms with Gasteiger partial charge in [-0.15, -0.1) is 0 Å². The first kappa shape index (κ1) is 44.7. The van der Waals surface area contributed by atoms with E-state index in [9.17, 15) is 0 Å². The second-order valence-electron chi connectivity index (χ2n) is 21.0. The number of pyridine rings is 1. The van der Waals surface area contributed by atoms with Crippen LogP contribution in [0.15, 0.2) is 191 Å². The molecule has 0 saturated carbocycles. The number of rotatable bonds is 8. The number of allylic oxidation sites excluding steroid dienone is 2. The smallest absolute Gasteiger partial charge is 0.145 e. The van der Waals surface area contributed by atoms with E-state index in [4.69, 9.17) is 14.4 Å². The van der Waals surface area contributed by atoms with Gasteiger partial charge in [-0.3, -0.25) is 9.80 Å². The second kappa shape index (κ2) is 16.4. The van der Waals surface area contributed by atoms with Gasteiger partial charge < -0.3 is 4.42 Å². The zero-order valence-corrected chi connectivity index (χ0v) is 41.4. The van der Waals surface area contributed by atoms with E-state index in [0.29, 0.717) is 5.82 Å². The van der Waals surface area contributed by atoms with Gasteiger partial charge in [0.25, 0.3) is 0 Å². The summed E-state index contributed by atoms with van der Waals surface area (Å²) < 4.78 is 23.5. The van der Waals surface area contributed by atoms with E-state index in [1.807, 2.05) is 50.5 Å². The van der Waals surface area contributed by atoms with Crippen molar-refractivity contribution in [3.05, 3.63) is 227 Å². The fourth-order valence-corrected chi connectivity index (χ4v) is 10.8. The number of hydrogen-bond acceptors (Lipinski definition) is 5. The molecule has 0 N–H and O–H groups in total. The fraction of sp³-hybridized carbons (Fsp3) is 0.188. The lowest BCUT2D eigenvalue weighted by Gasteiger charge is -2.33. The van der Waals surface area contributed by atoms with Crippen LogP contribution in [0.3, 0.4) is 0 Å². The van der Waals surface area contributed by atoms with Gasteiger partial charge in [-0.25, -0.2) is 14.4 Å². The third-order valence-electron chi connectivity index (χ3n) is 14.5. The Hall–Kier alpha value is -7.83. The zero-order valence-electron chi connectivity index (χ0n) is 41.4. The molecule has 7 aromatic carbocycles. The Kier molecular flexibility index (Phi) is 10.5. The van der Waals surface area contributed by atoms with Crippen LogP contribution in [0.25, 0.3) is 44.2 Å². The van der Waals surface area contributed by atoms with Gasteiger partial charge in [0.15, 0.2) is 0 Å². The van der Waals surface area contributed by atoms with Gasteiger partial charge >= 0.3 is 0 Å². The predicted octanol–water partition coefficient (Wildman–Crippen LogP) is 17.5. The largest absolute Gasteiger partial charge is 0.455 e. The summed E-state index contributed by atoms with van der Waals surface area (Å²) in [5.74, 6) is 1.04. The van der Waals surface area contributed by atoms with Crippen LogP contribution in [-0.4, -0.2) is 11.2 Å². The van der Waals surface area contributed by atoms with Gasteiger partial charge in [0.2, 0.25) is 0 Å². The number of aliphatic imine (C=N–C) groups is 1. The number of nitrogens with zero attached hydrogens (tertiary/aromatic N) is 4. The molecule has 1 atom stereocenters. The summed E-state index contributed by atoms with van der Waals surface area (Å²) in [7, 11) is 0. The number of hydrogen-bond donors (Lipinski definition) is 0. The standard InChI is InChI=1S/C64H57FN4O/c1-11-39(2)37-66-41(4)68(45-26-21-42(22-27-45)62(5,6)7)47-30-32-50-54(35-47)64(52-18-14-12-16-48(52)49-31-25-44(65)34-53(49)64)55-36-56(60-51-17-13-15-19-57(51)70-61(60)59(50)55)69(58-33-20-40(3)38-67-58)46-28-23-43(24-29-46)63(8,9)10/h11-38H,4H2,1-3,5-10H3/b39-11-,66-37?. The average molecular weight is 917 g/mol. The average Bonchev–Trinajstić information content (AvgIpc) is 3.97. The van der Waals surface area contributed by atoms with E-state index >= 15 is 4.39 Å². The van der Waals surface area contributed by atoms with Crippen LogP contribution < -0.4 is 9.80 Å². The first-order chi connectivity index (χ1) is 33.6. The summed E-state index contributed by atoms with van der Waals surface area (Å²) in [6.07, 6.45) is 5.82. The van der Waals surface area contributed by atoms with E-state index in [-0.39, 0.29) is 16.6 Å². The highest BCUT2D eigenvalue weighted by molar-refractivity contribution is 6.19. The number of halogens is 1. The van der Waals surface area contributed by atoms with Crippen molar-refractivity contribution in [3.63, 3.8) is 0 Å². The number of fused-ring (bicyclic) bond motifs is 14. The molecule has 5 nitrogen and oxygen atoms in total. The third-order valence-corrected chi connectivity index (χ3v) is 14.5. The zero-order chi connectivity index (χ0) is 48.9. The minimum atomic E-state index is -0.979. The van der Waals surface area contributed by atoms with Crippen LogP contribution in [-0.2, 0) is 16.2 Å². The highest BCUT2D eigenvalue weighted by atomic mass is 19.1. The molecule has 0 aliphatic heterocycles. The molecule has 0 bridgehead atoms. The molecule has 0 radical (unpaired) electrons. The summed E-state index contributed by atoms with van der Waals surface area (Å²) in [5.41, 5.74) is 16.7. The van der Waals surface area contributed by atoms with Crippen molar-refractivity contribution >= 4 is 56.7 Å².